The van der Waals surface area contributed by atoms with Crippen LogP contribution in [-0.2, 0) is 13.2 Å². The van der Waals surface area contributed by atoms with Crippen molar-refractivity contribution in [2.75, 3.05) is 7.05 Å². The van der Waals surface area contributed by atoms with Gasteiger partial charge in [-0.1, -0.05) is 34.1 Å². The zero-order valence-corrected chi connectivity index (χ0v) is 12.2. The molecular weight excluding hydrogens is 309 g/mol. The molecule has 4 heteroatoms. The molecule has 0 saturated heterocycles. The van der Waals surface area contributed by atoms with E-state index in [1.165, 1.54) is 6.07 Å². The Labute approximate surface area is 120 Å². The van der Waals surface area contributed by atoms with Crippen LogP contribution in [0, 0.1) is 5.82 Å². The molecule has 0 aliphatic rings. The summed E-state index contributed by atoms with van der Waals surface area (Å²) in [7, 11) is 1.83. The predicted octanol–water partition coefficient (Wildman–Crippen LogP) is 3.89. The summed E-state index contributed by atoms with van der Waals surface area (Å²) in [4.78, 5) is 0. The van der Waals surface area contributed by atoms with Crippen molar-refractivity contribution >= 4 is 15.9 Å². The maximum atomic E-state index is 13.8. The van der Waals surface area contributed by atoms with Crippen molar-refractivity contribution in [2.45, 2.75) is 13.2 Å². The minimum atomic E-state index is -0.329. The first-order valence-corrected chi connectivity index (χ1v) is 6.78. The van der Waals surface area contributed by atoms with Gasteiger partial charge in [-0.2, -0.15) is 0 Å². The molecule has 0 unspecified atom stereocenters. The van der Waals surface area contributed by atoms with E-state index in [1.54, 1.807) is 6.07 Å². The van der Waals surface area contributed by atoms with Gasteiger partial charge in [0.15, 0.2) is 11.6 Å². The smallest absolute Gasteiger partial charge is 0.165 e. The quantitative estimate of drug-likeness (QED) is 0.901. The van der Waals surface area contributed by atoms with Gasteiger partial charge in [-0.3, -0.25) is 0 Å². The van der Waals surface area contributed by atoms with Crippen LogP contribution < -0.4 is 10.1 Å². The Morgan fingerprint density at radius 2 is 1.79 bits per heavy atom. The van der Waals surface area contributed by atoms with Gasteiger partial charge in [0, 0.05) is 11.0 Å². The van der Waals surface area contributed by atoms with Gasteiger partial charge >= 0.3 is 0 Å². The lowest BCUT2D eigenvalue weighted by atomic mass is 10.2. The second-order valence-corrected chi connectivity index (χ2v) is 5.13. The van der Waals surface area contributed by atoms with Crippen molar-refractivity contribution in [2.24, 2.45) is 0 Å². The molecule has 0 atom stereocenters. The summed E-state index contributed by atoms with van der Waals surface area (Å²) in [6, 6.07) is 12.8. The van der Waals surface area contributed by atoms with E-state index in [4.69, 9.17) is 4.74 Å². The Kier molecular flexibility index (Phi) is 4.93. The topological polar surface area (TPSA) is 21.3 Å². The van der Waals surface area contributed by atoms with Crippen LogP contribution >= 0.6 is 15.9 Å². The molecule has 0 spiro atoms. The minimum absolute atomic E-state index is 0.280. The number of ether oxygens (including phenoxy) is 1. The molecule has 2 aromatic rings. The third-order valence-electron chi connectivity index (χ3n) is 2.68. The molecule has 0 heterocycles. The van der Waals surface area contributed by atoms with E-state index in [-0.39, 0.29) is 11.6 Å². The molecule has 100 valence electrons. The van der Waals surface area contributed by atoms with Gasteiger partial charge in [-0.05, 0) is 42.4 Å². The second-order valence-electron chi connectivity index (χ2n) is 4.21. The third-order valence-corrected chi connectivity index (χ3v) is 3.21. The Morgan fingerprint density at radius 1 is 1.11 bits per heavy atom. The number of benzene rings is 2. The lowest BCUT2D eigenvalue weighted by Crippen LogP contribution is -2.05. The van der Waals surface area contributed by atoms with E-state index in [1.807, 2.05) is 37.4 Å². The molecular formula is C15H15BrFNO. The van der Waals surface area contributed by atoms with Crippen LogP contribution in [0.4, 0.5) is 4.39 Å². The summed E-state index contributed by atoms with van der Waals surface area (Å²) in [5, 5.41) is 2.98. The normalized spacial score (nSPS) is 10.5. The SMILES string of the molecule is CNCc1ccc(OCc2ccc(Br)cc2)c(F)c1. The molecule has 0 amide bonds. The average molecular weight is 324 g/mol. The molecule has 0 radical (unpaired) electrons. The lowest BCUT2D eigenvalue weighted by molar-refractivity contribution is 0.290. The summed E-state index contributed by atoms with van der Waals surface area (Å²) >= 11 is 3.37. The van der Waals surface area contributed by atoms with Crippen LogP contribution in [0.5, 0.6) is 5.75 Å². The highest BCUT2D eigenvalue weighted by Gasteiger charge is 2.05. The minimum Gasteiger partial charge on any atom is -0.486 e. The number of halogens is 2. The van der Waals surface area contributed by atoms with E-state index in [0.29, 0.717) is 13.2 Å². The van der Waals surface area contributed by atoms with Crippen molar-refractivity contribution in [3.8, 4) is 5.75 Å². The fourth-order valence-corrected chi connectivity index (χ4v) is 1.98. The Hall–Kier alpha value is -1.39. The summed E-state index contributed by atoms with van der Waals surface area (Å²) < 4.78 is 20.3. The predicted molar refractivity (Wildman–Crippen MR) is 77.6 cm³/mol. The first-order chi connectivity index (χ1) is 9.19. The van der Waals surface area contributed by atoms with Crippen molar-refractivity contribution in [3.05, 3.63) is 63.9 Å². The van der Waals surface area contributed by atoms with E-state index in [2.05, 4.69) is 21.2 Å². The number of hydrogen-bond donors (Lipinski definition) is 1. The van der Waals surface area contributed by atoms with Crippen LogP contribution in [-0.4, -0.2) is 7.05 Å². The molecule has 0 aliphatic heterocycles. The van der Waals surface area contributed by atoms with Gasteiger partial charge in [0.25, 0.3) is 0 Å². The molecule has 0 aromatic heterocycles. The zero-order valence-electron chi connectivity index (χ0n) is 10.6. The van der Waals surface area contributed by atoms with Crippen molar-refractivity contribution in [1.82, 2.24) is 5.32 Å². The highest BCUT2D eigenvalue weighted by atomic mass is 79.9. The van der Waals surface area contributed by atoms with Gasteiger partial charge in [0.2, 0.25) is 0 Å². The van der Waals surface area contributed by atoms with Crippen LogP contribution in [0.1, 0.15) is 11.1 Å². The molecule has 0 saturated carbocycles. The third kappa shape index (κ3) is 4.04. The Balaban J connectivity index is 2.01. The molecule has 1 N–H and O–H groups in total. The van der Waals surface area contributed by atoms with E-state index in [9.17, 15) is 4.39 Å². The molecule has 19 heavy (non-hydrogen) atoms. The van der Waals surface area contributed by atoms with Crippen LogP contribution in [0.2, 0.25) is 0 Å². The van der Waals surface area contributed by atoms with E-state index >= 15 is 0 Å². The largest absolute Gasteiger partial charge is 0.486 e. The molecule has 2 aromatic carbocycles. The van der Waals surface area contributed by atoms with Crippen molar-refractivity contribution < 1.29 is 9.13 Å². The van der Waals surface area contributed by atoms with Gasteiger partial charge < -0.3 is 10.1 Å². The Morgan fingerprint density at radius 3 is 2.42 bits per heavy atom. The molecule has 2 rings (SSSR count). The van der Waals surface area contributed by atoms with Crippen LogP contribution in [0.15, 0.2) is 46.9 Å². The highest BCUT2D eigenvalue weighted by Crippen LogP contribution is 2.20. The first kappa shape index (κ1) is 14.0. The summed E-state index contributed by atoms with van der Waals surface area (Å²) in [5.74, 6) is -0.0485. The number of rotatable bonds is 5. The van der Waals surface area contributed by atoms with Crippen molar-refractivity contribution in [1.29, 1.82) is 0 Å². The summed E-state index contributed by atoms with van der Waals surface area (Å²) in [5.41, 5.74) is 1.90. The fraction of sp³-hybridized carbons (Fsp3) is 0.200. The number of hydrogen-bond acceptors (Lipinski definition) is 2. The maximum absolute atomic E-state index is 13.8. The van der Waals surface area contributed by atoms with E-state index < -0.39 is 0 Å². The Bertz CT molecular complexity index is 542. The molecule has 0 bridgehead atoms. The number of nitrogens with one attached hydrogen (secondary N) is 1. The van der Waals surface area contributed by atoms with Crippen LogP contribution in [0.3, 0.4) is 0 Å². The summed E-state index contributed by atoms with van der Waals surface area (Å²) in [6.45, 7) is 0.999. The first-order valence-electron chi connectivity index (χ1n) is 5.99. The monoisotopic (exact) mass is 323 g/mol. The summed E-state index contributed by atoms with van der Waals surface area (Å²) in [6.07, 6.45) is 0. The molecule has 0 fully saturated rings. The standard InChI is InChI=1S/C15H15BrFNO/c1-18-9-12-4-7-15(14(17)8-12)19-10-11-2-5-13(16)6-3-11/h2-8,18H,9-10H2,1H3. The molecule has 2 nitrogen and oxygen atoms in total. The molecule has 0 aliphatic carbocycles. The van der Waals surface area contributed by atoms with Crippen LogP contribution in [0.25, 0.3) is 0 Å². The van der Waals surface area contributed by atoms with Crippen molar-refractivity contribution in [3.63, 3.8) is 0 Å². The van der Waals surface area contributed by atoms with E-state index in [0.717, 1.165) is 15.6 Å². The second kappa shape index (κ2) is 6.68. The van der Waals surface area contributed by atoms with Gasteiger partial charge in [-0.25, -0.2) is 4.39 Å². The van der Waals surface area contributed by atoms with Gasteiger partial charge in [0.1, 0.15) is 6.61 Å². The van der Waals surface area contributed by atoms with Gasteiger partial charge in [-0.15, -0.1) is 0 Å². The lowest BCUT2D eigenvalue weighted by Gasteiger charge is -2.09. The van der Waals surface area contributed by atoms with Gasteiger partial charge in [0.05, 0.1) is 0 Å². The maximum Gasteiger partial charge on any atom is 0.165 e. The fourth-order valence-electron chi connectivity index (χ4n) is 1.72. The highest BCUT2D eigenvalue weighted by molar-refractivity contribution is 9.10. The zero-order chi connectivity index (χ0) is 13.7. The average Bonchev–Trinajstić information content (AvgIpc) is 2.40.